The summed E-state index contributed by atoms with van der Waals surface area (Å²) in [5, 5.41) is 0. The topological polar surface area (TPSA) is 72.5 Å². The number of halogens is 1. The predicted octanol–water partition coefficient (Wildman–Crippen LogP) is 3.10. The minimum Gasteiger partial charge on any atom is -0.465 e. The Labute approximate surface area is 128 Å². The van der Waals surface area contributed by atoms with Gasteiger partial charge in [0.15, 0.2) is 0 Å². The number of hydrogen-bond acceptors (Lipinski definition) is 5. The lowest BCUT2D eigenvalue weighted by molar-refractivity contribution is 0.0602. The number of hydrogen-bond donors (Lipinski definition) is 1. The Bertz CT molecular complexity index is 739. The summed E-state index contributed by atoms with van der Waals surface area (Å²) in [6.07, 6.45) is 0. The number of benzene rings is 1. The van der Waals surface area contributed by atoms with Gasteiger partial charge in [-0.05, 0) is 40.2 Å². The van der Waals surface area contributed by atoms with E-state index in [-0.39, 0.29) is 15.5 Å². The summed E-state index contributed by atoms with van der Waals surface area (Å²) in [4.78, 5) is 11.6. The minimum atomic E-state index is -3.73. The highest BCUT2D eigenvalue weighted by molar-refractivity contribution is 9.11. The van der Waals surface area contributed by atoms with Gasteiger partial charge >= 0.3 is 5.97 Å². The van der Waals surface area contributed by atoms with E-state index in [1.807, 2.05) is 0 Å². The largest absolute Gasteiger partial charge is 0.465 e. The molecule has 0 fully saturated rings. The third-order valence-corrected chi connectivity index (χ3v) is 5.87. The van der Waals surface area contributed by atoms with Crippen LogP contribution in [0.5, 0.6) is 0 Å². The maximum atomic E-state index is 12.2. The standard InChI is InChI=1S/C12H10BrNO4S2/c1-18-12(15)8-4-2-3-5-9(8)14-20(16,17)11-7-6-10(13)19-11/h2-7,14H,1H3. The maximum Gasteiger partial charge on any atom is 0.339 e. The van der Waals surface area contributed by atoms with E-state index >= 15 is 0 Å². The number of methoxy groups -OCH3 is 1. The summed E-state index contributed by atoms with van der Waals surface area (Å²) in [6, 6.07) is 9.39. The van der Waals surface area contributed by atoms with Gasteiger partial charge in [0, 0.05) is 0 Å². The Morgan fingerprint density at radius 3 is 2.55 bits per heavy atom. The molecule has 0 spiro atoms. The summed E-state index contributed by atoms with van der Waals surface area (Å²) >= 11 is 4.30. The molecule has 0 aliphatic rings. The number of esters is 1. The molecule has 0 unspecified atom stereocenters. The summed E-state index contributed by atoms with van der Waals surface area (Å²) in [6.45, 7) is 0. The molecule has 106 valence electrons. The molecule has 20 heavy (non-hydrogen) atoms. The van der Waals surface area contributed by atoms with Crippen LogP contribution in [0, 0.1) is 0 Å². The predicted molar refractivity (Wildman–Crippen MR) is 80.6 cm³/mol. The summed E-state index contributed by atoms with van der Waals surface area (Å²) in [5.41, 5.74) is 0.345. The first kappa shape index (κ1) is 15.0. The number of thiophene rings is 1. The van der Waals surface area contributed by atoms with Crippen molar-refractivity contribution in [2.45, 2.75) is 4.21 Å². The molecule has 5 nitrogen and oxygen atoms in total. The number of anilines is 1. The summed E-state index contributed by atoms with van der Waals surface area (Å²) in [5.74, 6) is -0.601. The van der Waals surface area contributed by atoms with E-state index in [0.717, 1.165) is 11.3 Å². The van der Waals surface area contributed by atoms with Crippen LogP contribution in [0.3, 0.4) is 0 Å². The summed E-state index contributed by atoms with van der Waals surface area (Å²) < 4.78 is 32.3. The molecule has 0 aliphatic heterocycles. The first-order valence-corrected chi connectivity index (χ1v) is 8.49. The molecule has 0 bridgehead atoms. The lowest BCUT2D eigenvalue weighted by atomic mass is 10.2. The van der Waals surface area contributed by atoms with Crippen molar-refractivity contribution in [3.05, 3.63) is 45.7 Å². The van der Waals surface area contributed by atoms with Crippen LogP contribution in [-0.4, -0.2) is 21.5 Å². The molecule has 0 radical (unpaired) electrons. The first-order valence-electron chi connectivity index (χ1n) is 5.39. The van der Waals surface area contributed by atoms with E-state index in [4.69, 9.17) is 0 Å². The third-order valence-electron chi connectivity index (χ3n) is 2.39. The quantitative estimate of drug-likeness (QED) is 0.833. The second kappa shape index (κ2) is 5.94. The molecule has 0 amide bonds. The van der Waals surface area contributed by atoms with E-state index in [0.29, 0.717) is 3.79 Å². The molecule has 8 heteroatoms. The van der Waals surface area contributed by atoms with Gasteiger partial charge in [0.25, 0.3) is 10.0 Å². The van der Waals surface area contributed by atoms with Gasteiger partial charge < -0.3 is 4.74 Å². The normalized spacial score (nSPS) is 11.1. The van der Waals surface area contributed by atoms with Crippen LogP contribution in [-0.2, 0) is 14.8 Å². The van der Waals surface area contributed by atoms with Crippen molar-refractivity contribution >= 4 is 48.9 Å². The van der Waals surface area contributed by atoms with Crippen LogP contribution in [0.1, 0.15) is 10.4 Å². The highest BCUT2D eigenvalue weighted by Gasteiger charge is 2.20. The molecule has 2 aromatic rings. The van der Waals surface area contributed by atoms with E-state index in [1.54, 1.807) is 18.2 Å². The van der Waals surface area contributed by atoms with Gasteiger partial charge in [-0.1, -0.05) is 12.1 Å². The van der Waals surface area contributed by atoms with Crippen LogP contribution in [0.25, 0.3) is 0 Å². The fourth-order valence-electron chi connectivity index (χ4n) is 1.50. The lowest BCUT2D eigenvalue weighted by Crippen LogP contribution is -2.15. The number of sulfonamides is 1. The second-order valence-corrected chi connectivity index (χ2v) is 8.07. The zero-order valence-corrected chi connectivity index (χ0v) is 13.5. The van der Waals surface area contributed by atoms with Crippen molar-refractivity contribution in [3.63, 3.8) is 0 Å². The van der Waals surface area contributed by atoms with Crippen LogP contribution < -0.4 is 4.72 Å². The number of carbonyl (C=O) groups is 1. The Balaban J connectivity index is 2.37. The number of rotatable bonds is 4. The molecule has 1 aromatic carbocycles. The molecule has 0 saturated carbocycles. The van der Waals surface area contributed by atoms with E-state index in [1.165, 1.54) is 25.3 Å². The Morgan fingerprint density at radius 1 is 1.25 bits per heavy atom. The fourth-order valence-corrected chi connectivity index (χ4v) is 4.59. The molecular formula is C12H10BrNO4S2. The maximum absolute atomic E-state index is 12.2. The molecule has 0 saturated heterocycles. The Kier molecular flexibility index (Phi) is 4.46. The van der Waals surface area contributed by atoms with Crippen molar-refractivity contribution in [2.24, 2.45) is 0 Å². The molecule has 1 aromatic heterocycles. The van der Waals surface area contributed by atoms with Crippen molar-refractivity contribution in [2.75, 3.05) is 11.8 Å². The highest BCUT2D eigenvalue weighted by Crippen LogP contribution is 2.28. The number of nitrogens with one attached hydrogen (secondary N) is 1. The minimum absolute atomic E-state index is 0.157. The smallest absolute Gasteiger partial charge is 0.339 e. The van der Waals surface area contributed by atoms with E-state index in [9.17, 15) is 13.2 Å². The van der Waals surface area contributed by atoms with Crippen LogP contribution >= 0.6 is 27.3 Å². The second-order valence-electron chi connectivity index (χ2n) is 3.70. The molecule has 1 heterocycles. The van der Waals surface area contributed by atoms with Gasteiger partial charge in [0.2, 0.25) is 0 Å². The lowest BCUT2D eigenvalue weighted by Gasteiger charge is -2.10. The number of carbonyl (C=O) groups excluding carboxylic acids is 1. The average molecular weight is 376 g/mol. The van der Waals surface area contributed by atoms with Crippen LogP contribution in [0.2, 0.25) is 0 Å². The fraction of sp³-hybridized carbons (Fsp3) is 0.0833. The molecular weight excluding hydrogens is 366 g/mol. The third kappa shape index (κ3) is 3.20. The van der Waals surface area contributed by atoms with Crippen LogP contribution in [0.4, 0.5) is 5.69 Å². The van der Waals surface area contributed by atoms with Crippen molar-refractivity contribution in [3.8, 4) is 0 Å². The molecule has 0 atom stereocenters. The van der Waals surface area contributed by atoms with Crippen molar-refractivity contribution in [1.29, 1.82) is 0 Å². The zero-order valence-electron chi connectivity index (χ0n) is 10.3. The monoisotopic (exact) mass is 375 g/mol. The van der Waals surface area contributed by atoms with Crippen molar-refractivity contribution in [1.82, 2.24) is 0 Å². The molecule has 2 rings (SSSR count). The Morgan fingerprint density at radius 2 is 1.95 bits per heavy atom. The SMILES string of the molecule is COC(=O)c1ccccc1NS(=O)(=O)c1ccc(Br)s1. The zero-order chi connectivity index (χ0) is 14.8. The van der Waals surface area contributed by atoms with Crippen LogP contribution in [0.15, 0.2) is 44.4 Å². The number of ether oxygens (including phenoxy) is 1. The first-order chi connectivity index (χ1) is 9.44. The van der Waals surface area contributed by atoms with Gasteiger partial charge in [-0.3, -0.25) is 4.72 Å². The molecule has 0 aliphatic carbocycles. The van der Waals surface area contributed by atoms with Gasteiger partial charge in [0.1, 0.15) is 4.21 Å². The Hall–Kier alpha value is -1.38. The van der Waals surface area contributed by atoms with Gasteiger partial charge in [-0.15, -0.1) is 11.3 Å². The van der Waals surface area contributed by atoms with E-state index in [2.05, 4.69) is 25.4 Å². The average Bonchev–Trinajstić information content (AvgIpc) is 2.86. The van der Waals surface area contributed by atoms with Gasteiger partial charge in [0.05, 0.1) is 22.1 Å². The molecule has 1 N–H and O–H groups in total. The number of para-hydroxylation sites is 1. The van der Waals surface area contributed by atoms with Gasteiger partial charge in [-0.25, -0.2) is 13.2 Å². The highest BCUT2D eigenvalue weighted by atomic mass is 79.9. The van der Waals surface area contributed by atoms with Crippen molar-refractivity contribution < 1.29 is 17.9 Å². The van der Waals surface area contributed by atoms with E-state index < -0.39 is 16.0 Å². The van der Waals surface area contributed by atoms with Gasteiger partial charge in [-0.2, -0.15) is 0 Å². The summed E-state index contributed by atoms with van der Waals surface area (Å²) in [7, 11) is -2.49.